The van der Waals surface area contributed by atoms with Crippen LogP contribution in [0, 0.1) is 32.6 Å². The molecule has 1 aromatic rings. The second-order valence-electron chi connectivity index (χ2n) is 6.25. The fraction of sp³-hybridized carbons (Fsp3) is 0.562. The smallest absolute Gasteiger partial charge is 0.321 e. The van der Waals surface area contributed by atoms with Crippen molar-refractivity contribution >= 4 is 17.7 Å². The van der Waals surface area contributed by atoms with Crippen molar-refractivity contribution in [2.24, 2.45) is 11.8 Å². The first-order valence-corrected chi connectivity index (χ1v) is 7.51. The molecule has 0 aromatic carbocycles. The minimum Gasteiger partial charge on any atom is -0.481 e. The van der Waals surface area contributed by atoms with Crippen LogP contribution in [0.4, 0.5) is 10.5 Å². The number of amides is 2. The largest absolute Gasteiger partial charge is 0.481 e. The minimum atomic E-state index is -0.839. The van der Waals surface area contributed by atoms with Crippen LogP contribution in [0.3, 0.4) is 0 Å². The molecule has 0 saturated carbocycles. The Kier molecular flexibility index (Phi) is 4.68. The number of rotatable bonds is 2. The van der Waals surface area contributed by atoms with Crippen LogP contribution < -0.4 is 5.32 Å². The van der Waals surface area contributed by atoms with Gasteiger partial charge < -0.3 is 15.3 Å². The van der Waals surface area contributed by atoms with Gasteiger partial charge in [0, 0.05) is 18.8 Å². The van der Waals surface area contributed by atoms with Gasteiger partial charge in [-0.05, 0) is 44.7 Å². The third-order valence-electron chi connectivity index (χ3n) is 4.05. The van der Waals surface area contributed by atoms with E-state index in [1.165, 1.54) is 0 Å². The third-order valence-corrected chi connectivity index (χ3v) is 4.05. The van der Waals surface area contributed by atoms with E-state index in [0.717, 1.165) is 17.0 Å². The fourth-order valence-electron chi connectivity index (χ4n) is 3.09. The first-order chi connectivity index (χ1) is 10.3. The van der Waals surface area contributed by atoms with Crippen molar-refractivity contribution in [2.75, 3.05) is 18.4 Å². The molecule has 0 bridgehead atoms. The van der Waals surface area contributed by atoms with Crippen LogP contribution in [-0.2, 0) is 4.79 Å². The van der Waals surface area contributed by atoms with Gasteiger partial charge in [0.15, 0.2) is 0 Å². The average molecular weight is 305 g/mol. The fourth-order valence-corrected chi connectivity index (χ4v) is 3.09. The molecule has 0 aliphatic carbocycles. The van der Waals surface area contributed by atoms with E-state index in [-0.39, 0.29) is 18.5 Å². The summed E-state index contributed by atoms with van der Waals surface area (Å²) in [6.45, 7) is 8.50. The summed E-state index contributed by atoms with van der Waals surface area (Å²) in [5, 5.41) is 12.1. The minimum absolute atomic E-state index is 0.180. The Hall–Kier alpha value is -2.11. The number of hydrogen-bond donors (Lipinski definition) is 2. The molecular formula is C16H23N3O3. The van der Waals surface area contributed by atoms with Crippen molar-refractivity contribution in [1.29, 1.82) is 0 Å². The summed E-state index contributed by atoms with van der Waals surface area (Å²) in [6, 6.07) is 1.66. The second-order valence-corrected chi connectivity index (χ2v) is 6.25. The van der Waals surface area contributed by atoms with E-state index < -0.39 is 11.9 Å². The molecular weight excluding hydrogens is 282 g/mol. The zero-order valence-corrected chi connectivity index (χ0v) is 13.5. The van der Waals surface area contributed by atoms with Gasteiger partial charge in [-0.25, -0.2) is 4.79 Å². The zero-order chi connectivity index (χ0) is 16.4. The van der Waals surface area contributed by atoms with E-state index in [2.05, 4.69) is 10.3 Å². The molecule has 2 atom stereocenters. The van der Waals surface area contributed by atoms with E-state index in [4.69, 9.17) is 0 Å². The summed E-state index contributed by atoms with van der Waals surface area (Å²) in [7, 11) is 0. The van der Waals surface area contributed by atoms with Crippen molar-refractivity contribution in [1.82, 2.24) is 9.88 Å². The molecule has 1 saturated heterocycles. The lowest BCUT2D eigenvalue weighted by atomic mass is 9.91. The normalized spacial score (nSPS) is 21.5. The highest BCUT2D eigenvalue weighted by Gasteiger charge is 2.32. The zero-order valence-electron chi connectivity index (χ0n) is 13.5. The molecule has 2 heterocycles. The highest BCUT2D eigenvalue weighted by molar-refractivity contribution is 5.91. The van der Waals surface area contributed by atoms with Gasteiger partial charge in [0.2, 0.25) is 0 Å². The molecule has 2 rings (SSSR count). The quantitative estimate of drug-likeness (QED) is 0.879. The van der Waals surface area contributed by atoms with E-state index in [0.29, 0.717) is 18.7 Å². The van der Waals surface area contributed by atoms with Crippen molar-refractivity contribution in [3.63, 3.8) is 0 Å². The van der Waals surface area contributed by atoms with Gasteiger partial charge in [-0.1, -0.05) is 6.92 Å². The lowest BCUT2D eigenvalue weighted by Crippen LogP contribution is -2.47. The van der Waals surface area contributed by atoms with Crippen molar-refractivity contribution in [3.05, 3.63) is 23.0 Å². The summed E-state index contributed by atoms with van der Waals surface area (Å²) in [4.78, 5) is 29.6. The summed E-state index contributed by atoms with van der Waals surface area (Å²) in [5.41, 5.74) is 3.34. The van der Waals surface area contributed by atoms with Crippen molar-refractivity contribution in [3.8, 4) is 0 Å². The molecule has 22 heavy (non-hydrogen) atoms. The Labute approximate surface area is 130 Å². The van der Waals surface area contributed by atoms with Crippen LogP contribution in [0.15, 0.2) is 6.07 Å². The molecule has 2 amide bonds. The summed E-state index contributed by atoms with van der Waals surface area (Å²) < 4.78 is 0. The standard InChI is InChI=1S/C16H23N3O3/c1-9-5-13(15(20)21)8-19(7-9)16(22)18-14-10(2)6-11(3)17-12(14)4/h6,9,13H,5,7-8H2,1-4H3,(H,18,22)(H,20,21). The van der Waals surface area contributed by atoms with Crippen molar-refractivity contribution < 1.29 is 14.7 Å². The number of aryl methyl sites for hydroxylation is 3. The number of nitrogens with zero attached hydrogens (tertiary/aromatic N) is 2. The van der Waals surface area contributed by atoms with E-state index in [1.807, 2.05) is 33.8 Å². The molecule has 1 fully saturated rings. The number of pyridine rings is 1. The summed E-state index contributed by atoms with van der Waals surface area (Å²) >= 11 is 0. The van der Waals surface area contributed by atoms with Crippen LogP contribution in [0.2, 0.25) is 0 Å². The number of piperidine rings is 1. The highest BCUT2D eigenvalue weighted by atomic mass is 16.4. The molecule has 1 aromatic heterocycles. The van der Waals surface area contributed by atoms with Gasteiger partial charge >= 0.3 is 12.0 Å². The molecule has 2 unspecified atom stereocenters. The van der Waals surface area contributed by atoms with Crippen LogP contribution in [0.25, 0.3) is 0 Å². The molecule has 0 spiro atoms. The average Bonchev–Trinajstić information content (AvgIpc) is 2.41. The van der Waals surface area contributed by atoms with Gasteiger partial charge in [-0.2, -0.15) is 0 Å². The molecule has 0 radical (unpaired) electrons. The topological polar surface area (TPSA) is 82.5 Å². The van der Waals surface area contributed by atoms with Gasteiger partial charge in [-0.15, -0.1) is 0 Å². The number of aliphatic carboxylic acids is 1. The lowest BCUT2D eigenvalue weighted by molar-refractivity contribution is -0.143. The number of hydrogen-bond acceptors (Lipinski definition) is 3. The second kappa shape index (κ2) is 6.34. The number of aromatic nitrogens is 1. The number of carboxylic acid groups (broad SMARTS) is 1. The maximum absolute atomic E-state index is 12.5. The highest BCUT2D eigenvalue weighted by Crippen LogP contribution is 2.24. The predicted molar refractivity (Wildman–Crippen MR) is 83.9 cm³/mol. The van der Waals surface area contributed by atoms with Gasteiger partial charge in [-0.3, -0.25) is 9.78 Å². The molecule has 1 aliphatic heterocycles. The SMILES string of the molecule is Cc1cc(C)c(NC(=O)N2CC(C)CC(C(=O)O)C2)c(C)n1. The lowest BCUT2D eigenvalue weighted by Gasteiger charge is -2.34. The van der Waals surface area contributed by atoms with E-state index in [9.17, 15) is 14.7 Å². The number of carbonyl (C=O) groups excluding carboxylic acids is 1. The summed E-state index contributed by atoms with van der Waals surface area (Å²) in [6.07, 6.45) is 0.614. The number of urea groups is 1. The number of carbonyl (C=O) groups is 2. The Morgan fingerprint density at radius 3 is 2.59 bits per heavy atom. The van der Waals surface area contributed by atoms with Crippen molar-refractivity contribution in [2.45, 2.75) is 34.1 Å². The Bertz CT molecular complexity index is 577. The molecule has 2 N–H and O–H groups in total. The molecule has 1 aliphatic rings. The number of carboxylic acids is 1. The molecule has 120 valence electrons. The van der Waals surface area contributed by atoms with Gasteiger partial charge in [0.05, 0.1) is 17.3 Å². The predicted octanol–water partition coefficient (Wildman–Crippen LogP) is 2.58. The number of nitrogens with one attached hydrogen (secondary N) is 1. The Balaban J connectivity index is 2.13. The van der Waals surface area contributed by atoms with Crippen LogP contribution >= 0.6 is 0 Å². The third kappa shape index (κ3) is 3.55. The Morgan fingerprint density at radius 2 is 2.00 bits per heavy atom. The number of anilines is 1. The van der Waals surface area contributed by atoms with Crippen LogP contribution in [0.1, 0.15) is 30.3 Å². The first-order valence-electron chi connectivity index (χ1n) is 7.51. The first kappa shape index (κ1) is 16.3. The maximum atomic E-state index is 12.5. The van der Waals surface area contributed by atoms with Crippen LogP contribution in [0.5, 0.6) is 0 Å². The molecule has 6 heteroatoms. The van der Waals surface area contributed by atoms with E-state index in [1.54, 1.807) is 4.90 Å². The monoisotopic (exact) mass is 305 g/mol. The number of likely N-dealkylation sites (tertiary alicyclic amines) is 1. The van der Waals surface area contributed by atoms with Gasteiger partial charge in [0.1, 0.15) is 0 Å². The van der Waals surface area contributed by atoms with E-state index >= 15 is 0 Å². The summed E-state index contributed by atoms with van der Waals surface area (Å²) in [5.74, 6) is -1.15. The van der Waals surface area contributed by atoms with Crippen LogP contribution in [-0.4, -0.2) is 40.1 Å². The maximum Gasteiger partial charge on any atom is 0.321 e. The van der Waals surface area contributed by atoms with Gasteiger partial charge in [0.25, 0.3) is 0 Å². The molecule has 6 nitrogen and oxygen atoms in total. The Morgan fingerprint density at radius 1 is 1.32 bits per heavy atom.